The van der Waals surface area contributed by atoms with Gasteiger partial charge in [0.15, 0.2) is 5.76 Å². The Morgan fingerprint density at radius 2 is 1.73 bits per heavy atom. The number of benzene rings is 3. The Morgan fingerprint density at radius 3 is 2.50 bits per heavy atom. The first-order valence-corrected chi connectivity index (χ1v) is 9.56. The Morgan fingerprint density at radius 1 is 0.933 bits per heavy atom. The van der Waals surface area contributed by atoms with E-state index in [-0.39, 0.29) is 11.5 Å². The Hall–Kier alpha value is -3.73. The topological polar surface area (TPSA) is 54.0 Å². The van der Waals surface area contributed by atoms with Crippen LogP contribution in [0.25, 0.3) is 6.08 Å². The molecule has 4 rings (SSSR count). The number of carbonyl (C=O) groups excluding carboxylic acids is 1. The highest BCUT2D eigenvalue weighted by atomic mass is 16.5. The van der Waals surface area contributed by atoms with Gasteiger partial charge in [-0.05, 0) is 54.5 Å². The van der Waals surface area contributed by atoms with Crippen LogP contribution in [-0.2, 0) is 6.61 Å². The quantitative estimate of drug-likeness (QED) is 0.530. The van der Waals surface area contributed by atoms with Gasteiger partial charge >= 0.3 is 0 Å². The van der Waals surface area contributed by atoms with E-state index >= 15 is 0 Å². The summed E-state index contributed by atoms with van der Waals surface area (Å²) < 4.78 is 22.4. The second kappa shape index (κ2) is 8.33. The Kier molecular flexibility index (Phi) is 5.44. The molecule has 5 heteroatoms. The summed E-state index contributed by atoms with van der Waals surface area (Å²) in [7, 11) is 3.16. The number of ketones is 1. The molecule has 5 nitrogen and oxygen atoms in total. The minimum Gasteiger partial charge on any atom is -0.497 e. The average molecular weight is 402 g/mol. The molecule has 1 aliphatic heterocycles. The number of Topliss-reactive ketones (excluding diaryl/α,β-unsaturated/α-hetero) is 1. The number of fused-ring (bicyclic) bond motifs is 1. The number of methoxy groups -OCH3 is 2. The minimum atomic E-state index is -0.180. The zero-order valence-electron chi connectivity index (χ0n) is 17.1. The number of hydrogen-bond acceptors (Lipinski definition) is 5. The molecule has 3 aromatic rings. The Balaban J connectivity index is 1.56. The van der Waals surface area contributed by atoms with Crippen molar-refractivity contribution in [3.05, 3.63) is 88.7 Å². The second-order valence-electron chi connectivity index (χ2n) is 6.92. The standard InChI is InChI=1S/C25H22O5/c1-16-6-4-5-7-17(16)15-29-20-8-10-21-23(14-20)30-24(25(21)26)13-18-12-19(27-2)9-11-22(18)28-3/h4-14H,15H2,1-3H3. The van der Waals surface area contributed by atoms with Crippen molar-refractivity contribution in [3.8, 4) is 23.0 Å². The molecule has 1 heterocycles. The molecule has 0 atom stereocenters. The first kappa shape index (κ1) is 19.6. The molecule has 30 heavy (non-hydrogen) atoms. The molecule has 0 spiro atoms. The molecule has 0 N–H and O–H groups in total. The van der Waals surface area contributed by atoms with Gasteiger partial charge in [-0.1, -0.05) is 24.3 Å². The monoisotopic (exact) mass is 402 g/mol. The van der Waals surface area contributed by atoms with Crippen molar-refractivity contribution in [2.75, 3.05) is 14.2 Å². The second-order valence-corrected chi connectivity index (χ2v) is 6.92. The van der Waals surface area contributed by atoms with E-state index in [0.717, 1.165) is 5.56 Å². The van der Waals surface area contributed by atoms with Gasteiger partial charge in [-0.25, -0.2) is 0 Å². The third kappa shape index (κ3) is 3.87. The summed E-state index contributed by atoms with van der Waals surface area (Å²) in [5.41, 5.74) is 3.48. The maximum atomic E-state index is 12.8. The first-order chi connectivity index (χ1) is 14.6. The van der Waals surface area contributed by atoms with E-state index in [1.54, 1.807) is 56.7 Å². The predicted octanol–water partition coefficient (Wildman–Crippen LogP) is 5.21. The number of ether oxygens (including phenoxy) is 4. The van der Waals surface area contributed by atoms with Crippen LogP contribution >= 0.6 is 0 Å². The van der Waals surface area contributed by atoms with Crippen LogP contribution in [0, 0.1) is 6.92 Å². The summed E-state index contributed by atoms with van der Waals surface area (Å²) in [4.78, 5) is 12.8. The van der Waals surface area contributed by atoms with E-state index in [0.29, 0.717) is 40.7 Å². The third-order valence-electron chi connectivity index (χ3n) is 5.02. The molecule has 0 unspecified atom stereocenters. The highest BCUT2D eigenvalue weighted by Gasteiger charge is 2.28. The summed E-state index contributed by atoms with van der Waals surface area (Å²) in [5, 5.41) is 0. The number of hydrogen-bond donors (Lipinski definition) is 0. The van der Waals surface area contributed by atoms with Crippen LogP contribution in [0.5, 0.6) is 23.0 Å². The molecule has 0 fully saturated rings. The highest BCUT2D eigenvalue weighted by Crippen LogP contribution is 2.36. The molecular formula is C25H22O5. The van der Waals surface area contributed by atoms with E-state index in [1.807, 2.05) is 31.2 Å². The molecule has 0 saturated heterocycles. The summed E-state index contributed by atoms with van der Waals surface area (Å²) in [6.07, 6.45) is 1.66. The summed E-state index contributed by atoms with van der Waals surface area (Å²) in [5.74, 6) is 2.46. The predicted molar refractivity (Wildman–Crippen MR) is 114 cm³/mol. The molecule has 152 valence electrons. The number of carbonyl (C=O) groups is 1. The number of aryl methyl sites for hydroxylation is 1. The largest absolute Gasteiger partial charge is 0.497 e. The average Bonchev–Trinajstić information content (AvgIpc) is 3.07. The van der Waals surface area contributed by atoms with Gasteiger partial charge in [-0.3, -0.25) is 4.79 Å². The minimum absolute atomic E-state index is 0.180. The lowest BCUT2D eigenvalue weighted by atomic mass is 10.1. The molecule has 0 amide bonds. The van der Waals surface area contributed by atoms with E-state index in [9.17, 15) is 4.79 Å². The molecule has 0 saturated carbocycles. The number of allylic oxidation sites excluding steroid dienone is 1. The van der Waals surface area contributed by atoms with Crippen LogP contribution < -0.4 is 18.9 Å². The molecular weight excluding hydrogens is 380 g/mol. The fourth-order valence-electron chi connectivity index (χ4n) is 3.28. The van der Waals surface area contributed by atoms with E-state index < -0.39 is 0 Å². The molecule has 0 aromatic heterocycles. The van der Waals surface area contributed by atoms with Gasteiger partial charge < -0.3 is 18.9 Å². The summed E-state index contributed by atoms with van der Waals surface area (Å²) in [6.45, 7) is 2.50. The van der Waals surface area contributed by atoms with Crippen molar-refractivity contribution in [2.24, 2.45) is 0 Å². The van der Waals surface area contributed by atoms with E-state index in [4.69, 9.17) is 18.9 Å². The van der Waals surface area contributed by atoms with Gasteiger partial charge in [0, 0.05) is 11.6 Å². The molecule has 0 bridgehead atoms. The van der Waals surface area contributed by atoms with Crippen molar-refractivity contribution in [1.29, 1.82) is 0 Å². The molecule has 3 aromatic carbocycles. The van der Waals surface area contributed by atoms with E-state index in [1.165, 1.54) is 5.56 Å². The van der Waals surface area contributed by atoms with Crippen LogP contribution in [0.15, 0.2) is 66.4 Å². The van der Waals surface area contributed by atoms with Crippen molar-refractivity contribution in [1.82, 2.24) is 0 Å². The van der Waals surface area contributed by atoms with Gasteiger partial charge in [0.2, 0.25) is 5.78 Å². The normalized spacial score (nSPS) is 13.7. The Bertz CT molecular complexity index is 1130. The van der Waals surface area contributed by atoms with Gasteiger partial charge in [-0.2, -0.15) is 0 Å². The van der Waals surface area contributed by atoms with Crippen LogP contribution in [0.2, 0.25) is 0 Å². The van der Waals surface area contributed by atoms with Gasteiger partial charge in [0.1, 0.15) is 29.6 Å². The first-order valence-electron chi connectivity index (χ1n) is 9.56. The van der Waals surface area contributed by atoms with Gasteiger partial charge in [0.05, 0.1) is 19.8 Å². The lowest BCUT2D eigenvalue weighted by Gasteiger charge is -2.09. The SMILES string of the molecule is COc1ccc(OC)c(C=C2Oc3cc(OCc4ccccc4C)ccc3C2=O)c1. The summed E-state index contributed by atoms with van der Waals surface area (Å²) in [6, 6.07) is 18.7. The van der Waals surface area contributed by atoms with Crippen molar-refractivity contribution < 1.29 is 23.7 Å². The molecule has 1 aliphatic rings. The van der Waals surface area contributed by atoms with Crippen molar-refractivity contribution in [2.45, 2.75) is 13.5 Å². The molecule has 0 radical (unpaired) electrons. The Labute approximate surface area is 175 Å². The smallest absolute Gasteiger partial charge is 0.231 e. The lowest BCUT2D eigenvalue weighted by molar-refractivity contribution is 0.101. The molecule has 0 aliphatic carbocycles. The van der Waals surface area contributed by atoms with E-state index in [2.05, 4.69) is 0 Å². The van der Waals surface area contributed by atoms with Crippen LogP contribution in [0.4, 0.5) is 0 Å². The number of rotatable bonds is 6. The van der Waals surface area contributed by atoms with Crippen molar-refractivity contribution >= 4 is 11.9 Å². The maximum absolute atomic E-state index is 12.8. The maximum Gasteiger partial charge on any atom is 0.231 e. The fourth-order valence-corrected chi connectivity index (χ4v) is 3.28. The lowest BCUT2D eigenvalue weighted by Crippen LogP contribution is -1.99. The third-order valence-corrected chi connectivity index (χ3v) is 5.02. The summed E-state index contributed by atoms with van der Waals surface area (Å²) >= 11 is 0. The fraction of sp³-hybridized carbons (Fsp3) is 0.160. The zero-order valence-corrected chi connectivity index (χ0v) is 17.1. The van der Waals surface area contributed by atoms with Crippen LogP contribution in [-0.4, -0.2) is 20.0 Å². The van der Waals surface area contributed by atoms with Crippen LogP contribution in [0.1, 0.15) is 27.0 Å². The van der Waals surface area contributed by atoms with Gasteiger partial charge in [0.25, 0.3) is 0 Å². The zero-order chi connectivity index (χ0) is 21.1. The van der Waals surface area contributed by atoms with Gasteiger partial charge in [-0.15, -0.1) is 0 Å². The van der Waals surface area contributed by atoms with Crippen LogP contribution in [0.3, 0.4) is 0 Å². The van der Waals surface area contributed by atoms with Crippen molar-refractivity contribution in [3.63, 3.8) is 0 Å². The highest BCUT2D eigenvalue weighted by molar-refractivity contribution is 6.14.